The first-order chi connectivity index (χ1) is 8.21. The van der Waals surface area contributed by atoms with Crippen LogP contribution >= 0.6 is 0 Å². The predicted molar refractivity (Wildman–Crippen MR) is 51.7 cm³/mol. The summed E-state index contributed by atoms with van der Waals surface area (Å²) in [5.41, 5.74) is 0. The molecule has 1 N–H and O–H groups in total. The first kappa shape index (κ1) is 13.1. The highest BCUT2D eigenvalue weighted by Gasteiger charge is 2.57. The molecule has 8 heteroatoms. The van der Waals surface area contributed by atoms with Gasteiger partial charge >= 0.3 is 18.1 Å². The summed E-state index contributed by atoms with van der Waals surface area (Å²) in [6, 6.07) is -2.25. The number of carbonyl (C=O) groups is 2. The zero-order valence-corrected chi connectivity index (χ0v) is 9.48. The summed E-state index contributed by atoms with van der Waals surface area (Å²) in [7, 11) is 0. The number of amides is 1. The van der Waals surface area contributed by atoms with Gasteiger partial charge in [-0.05, 0) is 13.3 Å². The van der Waals surface area contributed by atoms with Gasteiger partial charge in [0, 0.05) is 6.42 Å². The van der Waals surface area contributed by atoms with Crippen molar-refractivity contribution in [2.24, 2.45) is 0 Å². The van der Waals surface area contributed by atoms with E-state index in [1.54, 1.807) is 6.92 Å². The predicted octanol–water partition coefficient (Wildman–Crippen LogP) is 0.780. The molecule has 0 aromatic rings. The molecule has 2 aliphatic rings. The van der Waals surface area contributed by atoms with Crippen LogP contribution in [0.25, 0.3) is 0 Å². The molecule has 18 heavy (non-hydrogen) atoms. The molecule has 1 amide bonds. The largest absolute Gasteiger partial charge is 0.480 e. The smallest absolute Gasteiger partial charge is 0.471 e. The van der Waals surface area contributed by atoms with Gasteiger partial charge in [0.1, 0.15) is 6.04 Å². The van der Waals surface area contributed by atoms with Crippen LogP contribution < -0.4 is 0 Å². The van der Waals surface area contributed by atoms with Crippen LogP contribution in [0.2, 0.25) is 0 Å². The van der Waals surface area contributed by atoms with Crippen molar-refractivity contribution in [2.75, 3.05) is 0 Å². The molecule has 0 spiro atoms. The van der Waals surface area contributed by atoms with Crippen LogP contribution in [-0.4, -0.2) is 52.4 Å². The zero-order valence-electron chi connectivity index (χ0n) is 9.48. The van der Waals surface area contributed by atoms with Gasteiger partial charge in [0.05, 0.1) is 18.2 Å². The topological polar surface area (TPSA) is 66.8 Å². The van der Waals surface area contributed by atoms with Crippen LogP contribution in [0.15, 0.2) is 0 Å². The molecule has 0 saturated carbocycles. The Hall–Kier alpha value is -1.31. The number of halogens is 3. The van der Waals surface area contributed by atoms with Gasteiger partial charge in [-0.25, -0.2) is 4.79 Å². The number of alkyl halides is 3. The van der Waals surface area contributed by atoms with Gasteiger partial charge in [0.25, 0.3) is 0 Å². The van der Waals surface area contributed by atoms with E-state index in [0.29, 0.717) is 4.90 Å². The lowest BCUT2D eigenvalue weighted by molar-refractivity contribution is -0.190. The molecule has 0 unspecified atom stereocenters. The lowest BCUT2D eigenvalue weighted by Gasteiger charge is -2.27. The normalized spacial score (nSPS) is 35.7. The summed E-state index contributed by atoms with van der Waals surface area (Å²) in [6.07, 6.45) is -5.80. The second-order valence-corrected chi connectivity index (χ2v) is 4.59. The Bertz CT molecular complexity index is 384. The van der Waals surface area contributed by atoms with Crippen molar-refractivity contribution >= 4 is 11.9 Å². The molecule has 5 nitrogen and oxygen atoms in total. The van der Waals surface area contributed by atoms with Gasteiger partial charge in [-0.15, -0.1) is 0 Å². The minimum atomic E-state index is -5.06. The monoisotopic (exact) mass is 267 g/mol. The maximum atomic E-state index is 12.5. The molecule has 4 atom stereocenters. The third-order valence-corrected chi connectivity index (χ3v) is 3.32. The maximum absolute atomic E-state index is 12.5. The third kappa shape index (κ3) is 2.05. The Morgan fingerprint density at radius 2 is 1.94 bits per heavy atom. The fourth-order valence-corrected chi connectivity index (χ4v) is 2.66. The molecule has 2 fully saturated rings. The van der Waals surface area contributed by atoms with Crippen molar-refractivity contribution in [1.29, 1.82) is 0 Å². The quantitative estimate of drug-likeness (QED) is 0.762. The fourth-order valence-electron chi connectivity index (χ4n) is 2.66. The van der Waals surface area contributed by atoms with Crippen molar-refractivity contribution in [1.82, 2.24) is 4.90 Å². The molecular weight excluding hydrogens is 255 g/mol. The average Bonchev–Trinajstić information content (AvgIpc) is 2.70. The Morgan fingerprint density at radius 3 is 2.44 bits per heavy atom. The number of hydrogen-bond acceptors (Lipinski definition) is 3. The molecule has 2 aliphatic heterocycles. The zero-order chi connectivity index (χ0) is 13.7. The van der Waals surface area contributed by atoms with Gasteiger partial charge in [0.2, 0.25) is 0 Å². The summed E-state index contributed by atoms with van der Waals surface area (Å²) in [4.78, 5) is 22.7. The van der Waals surface area contributed by atoms with Crippen LogP contribution in [0.4, 0.5) is 13.2 Å². The van der Waals surface area contributed by atoms with Crippen LogP contribution in [-0.2, 0) is 14.3 Å². The molecule has 2 saturated heterocycles. The van der Waals surface area contributed by atoms with E-state index in [2.05, 4.69) is 0 Å². The summed E-state index contributed by atoms with van der Waals surface area (Å²) >= 11 is 0. The summed E-state index contributed by atoms with van der Waals surface area (Å²) < 4.78 is 42.7. The van der Waals surface area contributed by atoms with Gasteiger partial charge in [-0.3, -0.25) is 4.79 Å². The number of ether oxygens (including phenoxy) is 1. The molecular formula is C10H12F3NO4. The van der Waals surface area contributed by atoms with E-state index in [-0.39, 0.29) is 18.9 Å². The van der Waals surface area contributed by atoms with Gasteiger partial charge in [-0.2, -0.15) is 13.2 Å². The fraction of sp³-hybridized carbons (Fsp3) is 0.800. The highest BCUT2D eigenvalue weighted by Crippen LogP contribution is 2.38. The number of nitrogens with zero attached hydrogens (tertiary/aromatic N) is 1. The molecule has 2 heterocycles. The molecule has 102 valence electrons. The third-order valence-electron chi connectivity index (χ3n) is 3.32. The highest BCUT2D eigenvalue weighted by atomic mass is 19.4. The number of carbonyl (C=O) groups excluding carboxylic acids is 1. The SMILES string of the molecule is C[C@@H]1C[C@H]2[C@H](C[C@H](C(=O)O)N2C(=O)C(F)(F)F)O1. The molecule has 0 bridgehead atoms. The number of rotatable bonds is 1. The highest BCUT2D eigenvalue weighted by molar-refractivity contribution is 5.88. The summed E-state index contributed by atoms with van der Waals surface area (Å²) in [5.74, 6) is -3.53. The number of likely N-dealkylation sites (tertiary alicyclic amines) is 1. The van der Waals surface area contributed by atoms with E-state index in [9.17, 15) is 22.8 Å². The maximum Gasteiger partial charge on any atom is 0.471 e. The summed E-state index contributed by atoms with van der Waals surface area (Å²) in [6.45, 7) is 1.68. The Morgan fingerprint density at radius 1 is 1.33 bits per heavy atom. The molecule has 0 aromatic heterocycles. The van der Waals surface area contributed by atoms with E-state index in [0.717, 1.165) is 0 Å². The number of carboxylic acid groups (broad SMARTS) is 1. The van der Waals surface area contributed by atoms with E-state index >= 15 is 0 Å². The minimum absolute atomic E-state index is 0.0911. The van der Waals surface area contributed by atoms with Crippen molar-refractivity contribution in [2.45, 2.75) is 50.2 Å². The number of aliphatic carboxylic acids is 1. The number of fused-ring (bicyclic) bond motifs is 1. The summed E-state index contributed by atoms with van der Waals surface area (Å²) in [5, 5.41) is 8.90. The Balaban J connectivity index is 2.27. The van der Waals surface area contributed by atoms with Crippen LogP contribution in [0, 0.1) is 0 Å². The van der Waals surface area contributed by atoms with Gasteiger partial charge in [0.15, 0.2) is 0 Å². The van der Waals surface area contributed by atoms with Crippen LogP contribution in [0.1, 0.15) is 19.8 Å². The van der Waals surface area contributed by atoms with Gasteiger partial charge < -0.3 is 14.7 Å². The number of hydrogen-bond donors (Lipinski definition) is 1. The van der Waals surface area contributed by atoms with Crippen LogP contribution in [0.5, 0.6) is 0 Å². The molecule has 0 radical (unpaired) electrons. The lowest BCUT2D eigenvalue weighted by Crippen LogP contribution is -2.50. The van der Waals surface area contributed by atoms with Crippen molar-refractivity contribution < 1.29 is 32.6 Å². The van der Waals surface area contributed by atoms with E-state index in [1.807, 2.05) is 0 Å². The standard InChI is InChI=1S/C10H12F3NO4/c1-4-2-5-7(18-4)3-6(8(15)16)14(5)9(17)10(11,12)13/h4-7H,2-3H2,1H3,(H,15,16)/t4-,5+,6-,7+/m1/s1. The second kappa shape index (κ2) is 4.11. The molecule has 2 rings (SSSR count). The molecule has 0 aliphatic carbocycles. The van der Waals surface area contributed by atoms with E-state index in [4.69, 9.17) is 9.84 Å². The van der Waals surface area contributed by atoms with Crippen molar-refractivity contribution in [3.63, 3.8) is 0 Å². The number of carboxylic acids is 1. The van der Waals surface area contributed by atoms with Crippen LogP contribution in [0.3, 0.4) is 0 Å². The second-order valence-electron chi connectivity index (χ2n) is 4.59. The Labute approximate surface area is 100 Å². The van der Waals surface area contributed by atoms with Gasteiger partial charge in [-0.1, -0.05) is 0 Å². The molecule has 0 aromatic carbocycles. The lowest BCUT2D eigenvalue weighted by atomic mass is 10.1. The van der Waals surface area contributed by atoms with Crippen molar-refractivity contribution in [3.05, 3.63) is 0 Å². The Kier molecular flexibility index (Phi) is 3.00. The van der Waals surface area contributed by atoms with E-state index in [1.165, 1.54) is 0 Å². The minimum Gasteiger partial charge on any atom is -0.480 e. The first-order valence-electron chi connectivity index (χ1n) is 5.49. The average molecular weight is 267 g/mol. The first-order valence-corrected chi connectivity index (χ1v) is 5.49. The van der Waals surface area contributed by atoms with Crippen molar-refractivity contribution in [3.8, 4) is 0 Å². The van der Waals surface area contributed by atoms with E-state index < -0.39 is 36.2 Å².